The largest absolute Gasteiger partial charge is 0.416 e. The number of hydrogen-bond donors (Lipinski definition) is 1. The summed E-state index contributed by atoms with van der Waals surface area (Å²) in [6, 6.07) is 5.46. The van der Waals surface area contributed by atoms with Gasteiger partial charge < -0.3 is 10.2 Å². The monoisotopic (exact) mass is 326 g/mol. The van der Waals surface area contributed by atoms with Crippen molar-refractivity contribution in [2.45, 2.75) is 32.1 Å². The van der Waals surface area contributed by atoms with Gasteiger partial charge in [0.2, 0.25) is 5.91 Å². The van der Waals surface area contributed by atoms with Crippen LogP contribution in [0.4, 0.5) is 13.2 Å². The Labute approximate surface area is 134 Å². The van der Waals surface area contributed by atoms with E-state index in [4.69, 9.17) is 0 Å². The maximum absolute atomic E-state index is 12.7. The van der Waals surface area contributed by atoms with Gasteiger partial charge in [0.15, 0.2) is 0 Å². The Balaban J connectivity index is 1.89. The van der Waals surface area contributed by atoms with Crippen LogP contribution in [0.15, 0.2) is 36.9 Å². The maximum Gasteiger partial charge on any atom is 0.416 e. The predicted octanol–water partition coefficient (Wildman–Crippen LogP) is 3.22. The first kappa shape index (κ1) is 17.5. The lowest BCUT2D eigenvalue weighted by molar-refractivity contribution is -0.137. The third kappa shape index (κ3) is 4.58. The molecule has 23 heavy (non-hydrogen) atoms. The Bertz CT molecular complexity index is 571. The zero-order valence-electron chi connectivity index (χ0n) is 13.1. The lowest BCUT2D eigenvalue weighted by Crippen LogP contribution is -2.36. The fourth-order valence-electron chi connectivity index (χ4n) is 2.83. The highest BCUT2D eigenvalue weighted by Gasteiger charge is 2.31. The second kappa shape index (κ2) is 7.17. The quantitative estimate of drug-likeness (QED) is 0.843. The van der Waals surface area contributed by atoms with Crippen LogP contribution in [0, 0.1) is 5.92 Å². The molecular formula is C17H21F3N2O. The summed E-state index contributed by atoms with van der Waals surface area (Å²) in [5.41, 5.74) is -0.0308. The molecule has 1 amide bonds. The van der Waals surface area contributed by atoms with Crippen LogP contribution in [0.25, 0.3) is 0 Å². The van der Waals surface area contributed by atoms with E-state index in [1.165, 1.54) is 18.2 Å². The highest BCUT2D eigenvalue weighted by molar-refractivity contribution is 5.87. The molecule has 0 saturated carbocycles. The van der Waals surface area contributed by atoms with Crippen LogP contribution >= 0.6 is 0 Å². The van der Waals surface area contributed by atoms with Crippen molar-refractivity contribution in [2.24, 2.45) is 5.92 Å². The molecule has 1 saturated heterocycles. The van der Waals surface area contributed by atoms with E-state index in [0.29, 0.717) is 31.1 Å². The van der Waals surface area contributed by atoms with Crippen LogP contribution in [0.5, 0.6) is 0 Å². The van der Waals surface area contributed by atoms with E-state index in [-0.39, 0.29) is 11.9 Å². The van der Waals surface area contributed by atoms with Crippen molar-refractivity contribution in [3.05, 3.63) is 48.0 Å². The van der Waals surface area contributed by atoms with E-state index in [1.54, 1.807) is 11.0 Å². The average Bonchev–Trinajstić information content (AvgIpc) is 3.01. The standard InChI is InChI=1S/C17H21F3N2O/c1-3-16(23)22-8-7-14(11-22)12(2)21-10-13-5-4-6-15(9-13)17(18,19)20/h3-6,9,12,14,21H,1,7-8,10-11H2,2H3/t12-,14-/m1/s1. The van der Waals surface area contributed by atoms with E-state index < -0.39 is 11.7 Å². The summed E-state index contributed by atoms with van der Waals surface area (Å²) < 4.78 is 38.1. The molecule has 0 radical (unpaired) electrons. The van der Waals surface area contributed by atoms with Crippen molar-refractivity contribution in [3.8, 4) is 0 Å². The number of carbonyl (C=O) groups excluding carboxylic acids is 1. The Hall–Kier alpha value is -1.82. The highest BCUT2D eigenvalue weighted by atomic mass is 19.4. The Morgan fingerprint density at radius 2 is 2.26 bits per heavy atom. The molecule has 1 aliphatic heterocycles. The summed E-state index contributed by atoms with van der Waals surface area (Å²) in [5.74, 6) is 0.224. The summed E-state index contributed by atoms with van der Waals surface area (Å²) in [5, 5.41) is 3.27. The molecule has 1 fully saturated rings. The molecule has 0 aliphatic carbocycles. The number of benzene rings is 1. The van der Waals surface area contributed by atoms with E-state index in [1.807, 2.05) is 6.92 Å². The molecule has 0 spiro atoms. The number of halogens is 3. The summed E-state index contributed by atoms with van der Waals surface area (Å²) in [7, 11) is 0. The van der Waals surface area contributed by atoms with E-state index in [2.05, 4.69) is 11.9 Å². The number of alkyl halides is 3. The molecule has 6 heteroatoms. The zero-order valence-corrected chi connectivity index (χ0v) is 13.1. The van der Waals surface area contributed by atoms with Crippen molar-refractivity contribution in [3.63, 3.8) is 0 Å². The van der Waals surface area contributed by atoms with E-state index in [9.17, 15) is 18.0 Å². The fraction of sp³-hybridized carbons (Fsp3) is 0.471. The molecule has 1 aromatic rings. The minimum Gasteiger partial charge on any atom is -0.339 e. The molecular weight excluding hydrogens is 305 g/mol. The number of carbonyl (C=O) groups is 1. The Morgan fingerprint density at radius 3 is 2.91 bits per heavy atom. The number of amides is 1. The van der Waals surface area contributed by atoms with Crippen LogP contribution in [0.2, 0.25) is 0 Å². The second-order valence-electron chi connectivity index (χ2n) is 5.90. The van der Waals surface area contributed by atoms with Gasteiger partial charge in [-0.25, -0.2) is 0 Å². The molecule has 1 aliphatic rings. The van der Waals surface area contributed by atoms with E-state index in [0.717, 1.165) is 12.5 Å². The van der Waals surface area contributed by atoms with Gasteiger partial charge in [0.05, 0.1) is 5.56 Å². The Morgan fingerprint density at radius 1 is 1.52 bits per heavy atom. The SMILES string of the molecule is C=CC(=O)N1CC[C@@H]([C@@H](C)NCc2cccc(C(F)(F)F)c2)C1. The number of likely N-dealkylation sites (tertiary alicyclic amines) is 1. The second-order valence-corrected chi connectivity index (χ2v) is 5.90. The number of rotatable bonds is 5. The van der Waals surface area contributed by atoms with Gasteiger partial charge in [-0.05, 0) is 37.0 Å². The lowest BCUT2D eigenvalue weighted by atomic mass is 10.00. The number of hydrogen-bond acceptors (Lipinski definition) is 2. The fourth-order valence-corrected chi connectivity index (χ4v) is 2.83. The molecule has 1 N–H and O–H groups in total. The molecule has 2 atom stereocenters. The first-order chi connectivity index (χ1) is 10.8. The van der Waals surface area contributed by atoms with E-state index >= 15 is 0 Å². The van der Waals surface area contributed by atoms with Gasteiger partial charge in [0, 0.05) is 25.7 Å². The molecule has 2 rings (SSSR count). The molecule has 1 heterocycles. The van der Waals surface area contributed by atoms with Crippen molar-refractivity contribution < 1.29 is 18.0 Å². The summed E-state index contributed by atoms with van der Waals surface area (Å²) in [4.78, 5) is 13.3. The van der Waals surface area contributed by atoms with Gasteiger partial charge in [0.1, 0.15) is 0 Å². The van der Waals surface area contributed by atoms with Crippen molar-refractivity contribution in [1.82, 2.24) is 10.2 Å². The molecule has 126 valence electrons. The van der Waals surface area contributed by atoms with Gasteiger partial charge in [-0.15, -0.1) is 0 Å². The average molecular weight is 326 g/mol. The zero-order chi connectivity index (χ0) is 17.0. The molecule has 0 aromatic heterocycles. The smallest absolute Gasteiger partial charge is 0.339 e. The third-order valence-electron chi connectivity index (χ3n) is 4.30. The van der Waals surface area contributed by atoms with Crippen LogP contribution in [0.3, 0.4) is 0 Å². The normalized spacial score (nSPS) is 19.7. The van der Waals surface area contributed by atoms with Gasteiger partial charge in [-0.2, -0.15) is 13.2 Å². The first-order valence-corrected chi connectivity index (χ1v) is 7.62. The van der Waals surface area contributed by atoms with Gasteiger partial charge in [-0.3, -0.25) is 4.79 Å². The maximum atomic E-state index is 12.7. The number of nitrogens with one attached hydrogen (secondary N) is 1. The van der Waals surface area contributed by atoms with Crippen LogP contribution < -0.4 is 5.32 Å². The van der Waals surface area contributed by atoms with Gasteiger partial charge in [-0.1, -0.05) is 24.8 Å². The summed E-state index contributed by atoms with van der Waals surface area (Å²) in [6.45, 7) is 7.21. The minimum atomic E-state index is -4.32. The van der Waals surface area contributed by atoms with Gasteiger partial charge in [0.25, 0.3) is 0 Å². The minimum absolute atomic E-state index is 0.0717. The van der Waals surface area contributed by atoms with Crippen molar-refractivity contribution >= 4 is 5.91 Å². The summed E-state index contributed by atoms with van der Waals surface area (Å²) in [6.07, 6.45) is -2.13. The Kier molecular flexibility index (Phi) is 5.46. The number of nitrogens with zero attached hydrogens (tertiary/aromatic N) is 1. The first-order valence-electron chi connectivity index (χ1n) is 7.62. The third-order valence-corrected chi connectivity index (χ3v) is 4.30. The predicted molar refractivity (Wildman–Crippen MR) is 82.6 cm³/mol. The topological polar surface area (TPSA) is 32.3 Å². The lowest BCUT2D eigenvalue weighted by Gasteiger charge is -2.21. The van der Waals surface area contributed by atoms with Gasteiger partial charge >= 0.3 is 6.18 Å². The van der Waals surface area contributed by atoms with Crippen LogP contribution in [0.1, 0.15) is 24.5 Å². The van der Waals surface area contributed by atoms with Crippen LogP contribution in [-0.4, -0.2) is 29.9 Å². The van der Waals surface area contributed by atoms with Crippen molar-refractivity contribution in [2.75, 3.05) is 13.1 Å². The molecule has 0 bridgehead atoms. The van der Waals surface area contributed by atoms with Crippen molar-refractivity contribution in [1.29, 1.82) is 0 Å². The molecule has 0 unspecified atom stereocenters. The highest BCUT2D eigenvalue weighted by Crippen LogP contribution is 2.29. The van der Waals surface area contributed by atoms with Crippen LogP contribution in [-0.2, 0) is 17.5 Å². The summed E-state index contributed by atoms with van der Waals surface area (Å²) >= 11 is 0. The molecule has 1 aromatic carbocycles. The molecule has 3 nitrogen and oxygen atoms in total.